The van der Waals surface area contributed by atoms with E-state index in [1.54, 1.807) is 0 Å². The third-order valence-corrected chi connectivity index (χ3v) is 5.94. The summed E-state index contributed by atoms with van der Waals surface area (Å²) in [6.45, 7) is -13.0. The van der Waals surface area contributed by atoms with E-state index in [2.05, 4.69) is 14.2 Å². The minimum absolute atomic E-state index is 0.607. The predicted molar refractivity (Wildman–Crippen MR) is 97.8 cm³/mol. The van der Waals surface area contributed by atoms with Gasteiger partial charge in [0.15, 0.2) is 5.41 Å². The summed E-state index contributed by atoms with van der Waals surface area (Å²) in [5.74, 6) is -27.9. The molecule has 0 unspecified atom stereocenters. The number of aliphatic hydroxyl groups excluding tert-OH is 1. The lowest BCUT2D eigenvalue weighted by Gasteiger charge is -2.49. The van der Waals surface area contributed by atoms with Crippen molar-refractivity contribution in [3.63, 3.8) is 0 Å². The first kappa shape index (κ1) is 39.6. The van der Waals surface area contributed by atoms with Gasteiger partial charge in [0.2, 0.25) is 5.41 Å². The zero-order valence-electron chi connectivity index (χ0n) is 21.1. The van der Waals surface area contributed by atoms with Crippen LogP contribution in [0.4, 0.5) is 79.0 Å². The van der Waals surface area contributed by atoms with Gasteiger partial charge < -0.3 is 9.84 Å². The maximum atomic E-state index is 14.8. The molecule has 0 saturated heterocycles. The molecule has 0 bridgehead atoms. The first-order valence-corrected chi connectivity index (χ1v) is 10.4. The van der Waals surface area contributed by atoms with Gasteiger partial charge in [-0.05, 0) is 0 Å². The first-order chi connectivity index (χ1) is 17.4. The molecule has 0 aliphatic rings. The fraction of sp³-hybridized carbons (Fsp3) is 1.00. The van der Waals surface area contributed by atoms with Crippen molar-refractivity contribution in [3.8, 4) is 0 Å². The molecule has 0 heterocycles. The number of aliphatic hydroxyl groups is 1. The quantitative estimate of drug-likeness (QED) is 0.174. The standard InChI is InChI=1S/C19H22F18O4/c1-9(20,21)14(10(2,22)23,11(3,24)25)7-39-8-15(12(4,26)27,13(5,28)29)17(32,33)41-19(36,37)18(34,35)40-16(30,31)6-38/h38H,6-8H2,1-5H3. The van der Waals surface area contributed by atoms with E-state index in [0.717, 1.165) is 0 Å². The van der Waals surface area contributed by atoms with E-state index >= 15 is 0 Å². The predicted octanol–water partition coefficient (Wildman–Crippen LogP) is 7.65. The van der Waals surface area contributed by atoms with Crippen molar-refractivity contribution in [2.45, 2.75) is 88.7 Å². The van der Waals surface area contributed by atoms with Crippen LogP contribution in [0.15, 0.2) is 0 Å². The molecule has 0 fully saturated rings. The van der Waals surface area contributed by atoms with Crippen LogP contribution < -0.4 is 0 Å². The molecular weight excluding hydrogens is 634 g/mol. The summed E-state index contributed by atoms with van der Waals surface area (Å²) in [6, 6.07) is 0. The highest BCUT2D eigenvalue weighted by Gasteiger charge is 2.82. The van der Waals surface area contributed by atoms with Gasteiger partial charge in [0.25, 0.3) is 29.6 Å². The fourth-order valence-corrected chi connectivity index (χ4v) is 3.71. The molecule has 0 aromatic heterocycles. The van der Waals surface area contributed by atoms with Crippen LogP contribution in [0.3, 0.4) is 0 Å². The topological polar surface area (TPSA) is 47.9 Å². The lowest BCUT2D eigenvalue weighted by molar-refractivity contribution is -0.538. The fourth-order valence-electron chi connectivity index (χ4n) is 3.71. The Hall–Kier alpha value is -1.42. The van der Waals surface area contributed by atoms with Crippen LogP contribution in [0.1, 0.15) is 34.6 Å². The molecule has 0 aromatic carbocycles. The molecule has 0 radical (unpaired) electrons. The second-order valence-corrected chi connectivity index (χ2v) is 9.30. The van der Waals surface area contributed by atoms with E-state index in [-0.39, 0.29) is 0 Å². The average molecular weight is 656 g/mol. The molecule has 4 nitrogen and oxygen atoms in total. The van der Waals surface area contributed by atoms with Crippen LogP contribution in [0, 0.1) is 10.8 Å². The summed E-state index contributed by atoms with van der Waals surface area (Å²) in [4.78, 5) is 0. The number of ether oxygens (including phenoxy) is 3. The van der Waals surface area contributed by atoms with Gasteiger partial charge in [-0.3, -0.25) is 0 Å². The van der Waals surface area contributed by atoms with E-state index in [4.69, 9.17) is 5.11 Å². The molecule has 0 rings (SSSR count). The van der Waals surface area contributed by atoms with Crippen molar-refractivity contribution in [3.05, 3.63) is 0 Å². The normalized spacial score (nSPS) is 16.4. The Morgan fingerprint density at radius 3 is 0.951 bits per heavy atom. The van der Waals surface area contributed by atoms with Crippen LogP contribution in [0.2, 0.25) is 0 Å². The lowest BCUT2D eigenvalue weighted by atomic mass is 9.71. The van der Waals surface area contributed by atoms with Gasteiger partial charge in [-0.1, -0.05) is 0 Å². The molecule has 0 amide bonds. The van der Waals surface area contributed by atoms with E-state index in [1.807, 2.05) is 0 Å². The van der Waals surface area contributed by atoms with Crippen molar-refractivity contribution < 1.29 is 98.3 Å². The molecule has 0 atom stereocenters. The van der Waals surface area contributed by atoms with Crippen molar-refractivity contribution in [2.75, 3.05) is 19.8 Å². The van der Waals surface area contributed by atoms with Crippen molar-refractivity contribution in [1.29, 1.82) is 0 Å². The molecule has 0 aromatic rings. The minimum Gasteiger partial charge on any atom is -0.387 e. The maximum absolute atomic E-state index is 14.8. The van der Waals surface area contributed by atoms with Gasteiger partial charge in [-0.2, -0.15) is 35.1 Å². The highest BCUT2D eigenvalue weighted by Crippen LogP contribution is 2.61. The van der Waals surface area contributed by atoms with Crippen LogP contribution in [-0.2, 0) is 14.2 Å². The Bertz CT molecular complexity index is 827. The second kappa shape index (κ2) is 10.9. The summed E-state index contributed by atoms with van der Waals surface area (Å²) in [5, 5.41) is 8.12. The Morgan fingerprint density at radius 1 is 0.415 bits per heavy atom. The van der Waals surface area contributed by atoms with E-state index in [9.17, 15) is 79.0 Å². The van der Waals surface area contributed by atoms with E-state index in [0.29, 0.717) is 0 Å². The third-order valence-electron chi connectivity index (χ3n) is 5.94. The van der Waals surface area contributed by atoms with Crippen molar-refractivity contribution in [1.82, 2.24) is 0 Å². The summed E-state index contributed by atoms with van der Waals surface area (Å²) in [5.41, 5.74) is -11.3. The van der Waals surface area contributed by atoms with Gasteiger partial charge in [0, 0.05) is 34.6 Å². The number of hydrogen-bond donors (Lipinski definition) is 1. The molecule has 0 aliphatic carbocycles. The molecule has 0 aliphatic heterocycles. The van der Waals surface area contributed by atoms with Crippen LogP contribution >= 0.6 is 0 Å². The molecule has 1 N–H and O–H groups in total. The number of alkyl halides is 18. The van der Waals surface area contributed by atoms with Crippen molar-refractivity contribution >= 4 is 0 Å². The highest BCUT2D eigenvalue weighted by molar-refractivity contribution is 5.08. The van der Waals surface area contributed by atoms with Gasteiger partial charge in [-0.15, -0.1) is 0 Å². The van der Waals surface area contributed by atoms with Crippen LogP contribution in [0.5, 0.6) is 0 Å². The molecule has 41 heavy (non-hydrogen) atoms. The molecule has 22 heteroatoms. The largest absolute Gasteiger partial charge is 0.453 e. The number of rotatable bonds is 16. The van der Waals surface area contributed by atoms with E-state index < -0.39 is 119 Å². The SMILES string of the molecule is CC(F)(F)C(COCC(C(C)(F)F)(C(C)(F)F)C(F)(F)OC(F)(F)C(F)(F)OC(F)(F)CO)(C(C)(F)F)C(C)(F)F. The smallest absolute Gasteiger partial charge is 0.387 e. The molecular formula is C19H22F18O4. The highest BCUT2D eigenvalue weighted by atomic mass is 19.3. The van der Waals surface area contributed by atoms with Gasteiger partial charge in [0.1, 0.15) is 6.61 Å². The van der Waals surface area contributed by atoms with Crippen molar-refractivity contribution in [2.24, 2.45) is 10.8 Å². The zero-order valence-corrected chi connectivity index (χ0v) is 21.1. The molecule has 0 spiro atoms. The minimum atomic E-state index is -7.26. The maximum Gasteiger partial charge on any atom is 0.453 e. The van der Waals surface area contributed by atoms with Crippen LogP contribution in [0.25, 0.3) is 0 Å². The lowest BCUT2D eigenvalue weighted by Crippen LogP contribution is -2.69. The third kappa shape index (κ3) is 7.22. The average Bonchev–Trinajstić information content (AvgIpc) is 2.60. The van der Waals surface area contributed by atoms with Gasteiger partial charge >= 0.3 is 24.4 Å². The van der Waals surface area contributed by atoms with Crippen LogP contribution in [-0.4, -0.2) is 79.0 Å². The first-order valence-electron chi connectivity index (χ1n) is 10.4. The number of hydrogen-bond acceptors (Lipinski definition) is 4. The Balaban J connectivity index is 7.05. The Morgan fingerprint density at radius 2 is 0.683 bits per heavy atom. The Labute approximate surface area is 218 Å². The Kier molecular flexibility index (Phi) is 10.6. The molecule has 248 valence electrons. The monoisotopic (exact) mass is 656 g/mol. The second-order valence-electron chi connectivity index (χ2n) is 9.30. The summed E-state index contributed by atoms with van der Waals surface area (Å²) in [7, 11) is 0. The van der Waals surface area contributed by atoms with Gasteiger partial charge in [0.05, 0.1) is 13.2 Å². The zero-order chi connectivity index (χ0) is 33.7. The summed E-state index contributed by atoms with van der Waals surface area (Å²) >= 11 is 0. The van der Waals surface area contributed by atoms with E-state index in [1.165, 1.54) is 0 Å². The molecule has 0 saturated carbocycles. The summed E-state index contributed by atoms with van der Waals surface area (Å²) < 4.78 is 260. The summed E-state index contributed by atoms with van der Waals surface area (Å²) in [6.07, 6.45) is -27.1. The number of halogens is 18. The van der Waals surface area contributed by atoms with Gasteiger partial charge in [-0.25, -0.2) is 53.4 Å².